The van der Waals surface area contributed by atoms with Crippen LogP contribution < -0.4 is 31.3 Å². The number of likely N-dealkylation sites (N-methyl/N-ethyl adjacent to an activating group) is 1. The monoisotopic (exact) mass is 1110 g/mol. The number of nitrogens with one attached hydrogen (secondary N) is 3. The Morgan fingerprint density at radius 2 is 1.63 bits per heavy atom. The molecule has 3 saturated heterocycles. The Morgan fingerprint density at radius 1 is 0.899 bits per heavy atom. The molecule has 2 bridgehead atoms. The molecule has 79 heavy (non-hydrogen) atoms. The zero-order chi connectivity index (χ0) is 55.7. The van der Waals surface area contributed by atoms with Crippen LogP contribution in [-0.2, 0) is 36.9 Å². The first-order valence-electron chi connectivity index (χ1n) is 27.4. The molecule has 23 heteroatoms. The molecular formula is C56H72F2N12O8S. The summed E-state index contributed by atoms with van der Waals surface area (Å²) in [7, 11) is 4.94. The van der Waals surface area contributed by atoms with Crippen LogP contribution in [0.25, 0.3) is 11.1 Å². The predicted octanol–water partition coefficient (Wildman–Crippen LogP) is 4.47. The second-order valence-electron chi connectivity index (χ2n) is 20.8. The molecule has 0 saturated carbocycles. The Kier molecular flexibility index (Phi) is 18.9. The molecule has 5 aliphatic rings. The summed E-state index contributed by atoms with van der Waals surface area (Å²) < 4.78 is 47.5. The number of Topliss-reactive ketones (excluding diaryl/α,β-unsaturated/α-hetero) is 1. The summed E-state index contributed by atoms with van der Waals surface area (Å²) in [5.41, 5.74) is 10.5. The highest BCUT2D eigenvalue weighted by molar-refractivity contribution is 8.14. The molecule has 3 fully saturated rings. The van der Waals surface area contributed by atoms with Crippen molar-refractivity contribution in [3.05, 3.63) is 88.7 Å². The molecule has 5 atom stereocenters. The van der Waals surface area contributed by atoms with Crippen molar-refractivity contribution in [2.24, 2.45) is 10.9 Å². The number of likely N-dealkylation sites (tertiary alicyclic amines) is 2. The van der Waals surface area contributed by atoms with Gasteiger partial charge >= 0.3 is 0 Å². The molecule has 5 N–H and O–H groups in total. The average molecular weight is 1110 g/mol. The van der Waals surface area contributed by atoms with E-state index in [2.05, 4.69) is 30.7 Å². The van der Waals surface area contributed by atoms with Gasteiger partial charge in [-0.2, -0.15) is 5.10 Å². The van der Waals surface area contributed by atoms with E-state index in [1.54, 1.807) is 50.0 Å². The number of nitrogens with two attached hydrogens (primary N) is 1. The number of amides is 4. The number of rotatable bonds is 21. The summed E-state index contributed by atoms with van der Waals surface area (Å²) in [6, 6.07) is 9.36. The largest absolute Gasteiger partial charge is 0.481 e. The molecule has 0 aliphatic carbocycles. The van der Waals surface area contributed by atoms with Gasteiger partial charge in [-0.05, 0) is 126 Å². The number of anilines is 2. The maximum atomic E-state index is 14.7. The summed E-state index contributed by atoms with van der Waals surface area (Å²) in [4.78, 5) is 85.1. The van der Waals surface area contributed by atoms with Crippen molar-refractivity contribution in [3.8, 4) is 17.0 Å². The van der Waals surface area contributed by atoms with Crippen LogP contribution in [0, 0.1) is 17.6 Å². The van der Waals surface area contributed by atoms with E-state index in [1.165, 1.54) is 48.2 Å². The Labute approximate surface area is 463 Å². The van der Waals surface area contributed by atoms with Crippen molar-refractivity contribution >= 4 is 57.7 Å². The summed E-state index contributed by atoms with van der Waals surface area (Å²) in [6.07, 6.45) is 6.25. The highest BCUT2D eigenvalue weighted by Crippen LogP contribution is 2.44. The third kappa shape index (κ3) is 13.2. The molecule has 20 nitrogen and oxygen atoms in total. The van der Waals surface area contributed by atoms with Crippen molar-refractivity contribution in [2.45, 2.75) is 95.2 Å². The van der Waals surface area contributed by atoms with Gasteiger partial charge < -0.3 is 55.5 Å². The Morgan fingerprint density at radius 3 is 2.39 bits per heavy atom. The lowest BCUT2D eigenvalue weighted by Gasteiger charge is -2.38. The number of piperidine rings is 1. The van der Waals surface area contributed by atoms with E-state index in [-0.39, 0.29) is 80.1 Å². The number of ketones is 1. The Bertz CT molecular complexity index is 2880. The SMILES string of the molecule is CN[C@H](C)C(=O)NC(C(=O)N1CCC[C@@H]1C1=NC(C(=O)c2ccc(F)cc2)CS1)C1CCN(CCOCCOCCC(=O)NCCn2nc3c(c2OC)-c2cnc(N)c(c2)N2CCC[C@@H]2c2cc(F)ccc2C(=O)N(C)C3)CC1. The predicted molar refractivity (Wildman–Crippen MR) is 296 cm³/mol. The summed E-state index contributed by atoms with van der Waals surface area (Å²) in [6.45, 7) is 7.06. The normalized spacial score (nSPS) is 20.4. The smallest absolute Gasteiger partial charge is 0.254 e. The minimum Gasteiger partial charge on any atom is -0.481 e. The molecule has 0 spiro atoms. The standard InChI is InChI=1S/C56H72F2N12O8S/c1-34(60-2)52(73)64-49(55(75)69-20-6-8-45(69)53-63-43(33-79-53)50(72)36-9-11-38(57)12-10-36)35-15-21-67(22-16-35)24-26-78-28-27-77-25-17-47(71)61-18-23-70-56(76-4)48-37-29-46(51(59)62-31-37)68-19-5-7-44(68)41-30-39(58)13-14-40(41)54(74)66(3)32-42(48)65-70/h9-14,29-31,34-35,43-45,49,60H,5-8,15-28,32-33H2,1-4H3,(H2,59,62)(H,61,71)(H,64,73)/t34-,43?,44-,45-,49?/m1/s1. The lowest BCUT2D eigenvalue weighted by atomic mass is 9.88. The highest BCUT2D eigenvalue weighted by atomic mass is 32.2. The number of fused-ring (bicyclic) bond motifs is 8. The van der Waals surface area contributed by atoms with Crippen LogP contribution in [0.4, 0.5) is 20.3 Å². The second kappa shape index (κ2) is 26.2. The zero-order valence-electron chi connectivity index (χ0n) is 45.4. The van der Waals surface area contributed by atoms with Gasteiger partial charge in [0.2, 0.25) is 23.6 Å². The van der Waals surface area contributed by atoms with Crippen LogP contribution in [0.15, 0.2) is 59.7 Å². The van der Waals surface area contributed by atoms with Crippen LogP contribution in [0.2, 0.25) is 0 Å². The molecular weight excluding hydrogens is 1040 g/mol. The topological polar surface area (TPSA) is 231 Å². The van der Waals surface area contributed by atoms with Crippen LogP contribution >= 0.6 is 11.8 Å². The number of hydrogen-bond acceptors (Lipinski definition) is 16. The molecule has 4 amide bonds. The van der Waals surface area contributed by atoms with Gasteiger partial charge in [-0.15, -0.1) is 11.8 Å². The number of thioether (sulfide) groups is 1. The van der Waals surface area contributed by atoms with Crippen molar-refractivity contribution in [2.75, 3.05) is 103 Å². The number of aromatic nitrogens is 3. The first-order valence-corrected chi connectivity index (χ1v) is 28.4. The van der Waals surface area contributed by atoms with Gasteiger partial charge in [-0.3, -0.25) is 29.0 Å². The number of carbonyl (C=O) groups is 5. The molecule has 4 aromatic rings. The fourth-order valence-corrected chi connectivity index (χ4v) is 12.5. The van der Waals surface area contributed by atoms with E-state index in [1.807, 2.05) is 11.0 Å². The van der Waals surface area contributed by atoms with Gasteiger partial charge in [0.1, 0.15) is 29.5 Å². The van der Waals surface area contributed by atoms with Gasteiger partial charge in [-0.25, -0.2) is 18.4 Å². The van der Waals surface area contributed by atoms with Crippen molar-refractivity contribution in [1.82, 2.24) is 45.4 Å². The molecule has 2 aromatic heterocycles. The number of nitrogens with zero attached hydrogens (tertiary/aromatic N) is 8. The number of pyridine rings is 1. The number of carbonyl (C=O) groups excluding carboxylic acids is 5. The maximum Gasteiger partial charge on any atom is 0.254 e. The third-order valence-corrected chi connectivity index (χ3v) is 16.9. The van der Waals surface area contributed by atoms with E-state index >= 15 is 0 Å². The summed E-state index contributed by atoms with van der Waals surface area (Å²) in [5, 5.41) is 14.6. The molecule has 424 valence electrons. The fraction of sp³-hybridized carbons (Fsp3) is 0.536. The van der Waals surface area contributed by atoms with Crippen LogP contribution in [0.1, 0.15) is 89.9 Å². The number of methoxy groups -OCH3 is 1. The highest BCUT2D eigenvalue weighted by Gasteiger charge is 2.43. The molecule has 0 radical (unpaired) electrons. The first kappa shape index (κ1) is 57.2. The van der Waals surface area contributed by atoms with Crippen LogP contribution in [0.3, 0.4) is 0 Å². The Hall–Kier alpha value is -6.53. The van der Waals surface area contributed by atoms with Crippen molar-refractivity contribution in [1.29, 1.82) is 0 Å². The summed E-state index contributed by atoms with van der Waals surface area (Å²) >= 11 is 1.49. The minimum absolute atomic E-state index is 0.0804. The minimum atomic E-state index is -0.715. The lowest BCUT2D eigenvalue weighted by molar-refractivity contribution is -0.138. The Balaban J connectivity index is 0.710. The van der Waals surface area contributed by atoms with Crippen LogP contribution in [-0.4, -0.2) is 181 Å². The van der Waals surface area contributed by atoms with Crippen molar-refractivity contribution < 1.29 is 47.0 Å². The molecule has 5 aliphatic heterocycles. The number of nitrogen functional groups attached to an aromatic ring is 1. The van der Waals surface area contributed by atoms with Gasteiger partial charge in [0.25, 0.3) is 5.91 Å². The number of halogens is 2. The summed E-state index contributed by atoms with van der Waals surface area (Å²) in [5.74, 6) is -0.719. The van der Waals surface area contributed by atoms with E-state index in [0.29, 0.717) is 115 Å². The van der Waals surface area contributed by atoms with E-state index in [4.69, 9.17) is 30.0 Å². The van der Waals surface area contributed by atoms with Gasteiger partial charge in [0, 0.05) is 68.3 Å². The number of hydrogen-bond donors (Lipinski definition) is 4. The van der Waals surface area contributed by atoms with Gasteiger partial charge in [0.15, 0.2) is 5.78 Å². The molecule has 2 aromatic carbocycles. The zero-order valence-corrected chi connectivity index (χ0v) is 46.2. The van der Waals surface area contributed by atoms with E-state index in [9.17, 15) is 32.8 Å². The van der Waals surface area contributed by atoms with Crippen molar-refractivity contribution in [3.63, 3.8) is 0 Å². The van der Waals surface area contributed by atoms with E-state index < -0.39 is 29.8 Å². The average Bonchev–Trinajstić information content (AvgIpc) is 4.36. The second-order valence-corrected chi connectivity index (χ2v) is 21.8. The first-order chi connectivity index (χ1) is 38.2. The quantitative estimate of drug-likeness (QED) is 0.0666. The van der Waals surface area contributed by atoms with Gasteiger partial charge in [0.05, 0.1) is 86.7 Å². The number of ether oxygens (including phenoxy) is 3. The molecule has 9 rings (SSSR count). The van der Waals surface area contributed by atoms with Gasteiger partial charge in [-0.1, -0.05) is 0 Å². The number of aliphatic imine (C=N–C) groups is 1. The molecule has 2 unspecified atom stereocenters. The van der Waals surface area contributed by atoms with Crippen LogP contribution in [0.5, 0.6) is 5.88 Å². The molecule has 7 heterocycles. The van der Waals surface area contributed by atoms with E-state index in [0.717, 1.165) is 37.4 Å². The number of benzene rings is 2. The lowest BCUT2D eigenvalue weighted by Crippen LogP contribution is -2.58. The third-order valence-electron chi connectivity index (χ3n) is 15.7. The fourth-order valence-electron chi connectivity index (χ4n) is 11.3. The maximum absolute atomic E-state index is 14.7.